The molecule has 0 amide bonds. The highest BCUT2D eigenvalue weighted by molar-refractivity contribution is 5.65. The van der Waals surface area contributed by atoms with Crippen LogP contribution in [0.4, 0.5) is 4.79 Å². The minimum atomic E-state index is -1.55. The summed E-state index contributed by atoms with van der Waals surface area (Å²) in [7, 11) is 0. The van der Waals surface area contributed by atoms with Gasteiger partial charge in [-0.2, -0.15) is 9.90 Å². The van der Waals surface area contributed by atoms with Crippen molar-refractivity contribution in [3.63, 3.8) is 0 Å². The number of benzene rings is 2. The lowest BCUT2D eigenvalue weighted by molar-refractivity contribution is 0.117. The second-order valence-corrected chi connectivity index (χ2v) is 3.24. The zero-order valence-electron chi connectivity index (χ0n) is 8.42. The Morgan fingerprint density at radius 3 is 1.94 bits per heavy atom. The number of carbonyl (C=O) groups excluding carboxylic acids is 1. The van der Waals surface area contributed by atoms with Crippen LogP contribution in [0.15, 0.2) is 54.6 Å². The van der Waals surface area contributed by atoms with Crippen molar-refractivity contribution in [3.05, 3.63) is 54.6 Å². The highest BCUT2D eigenvalue weighted by atomic mass is 16.7. The van der Waals surface area contributed by atoms with Crippen LogP contribution in [-0.2, 0) is 5.11 Å². The Morgan fingerprint density at radius 1 is 0.812 bits per heavy atom. The van der Waals surface area contributed by atoms with Crippen LogP contribution in [0.5, 0.6) is 5.75 Å². The van der Waals surface area contributed by atoms with E-state index in [9.17, 15) is 9.90 Å². The van der Waals surface area contributed by atoms with Gasteiger partial charge in [0.25, 0.3) is 0 Å². The van der Waals surface area contributed by atoms with Gasteiger partial charge in [-0.3, -0.25) is 0 Å². The van der Waals surface area contributed by atoms with Crippen LogP contribution in [-0.4, -0.2) is 6.16 Å². The Morgan fingerprint density at radius 2 is 1.38 bits per heavy atom. The van der Waals surface area contributed by atoms with E-state index in [1.54, 1.807) is 24.3 Å². The summed E-state index contributed by atoms with van der Waals surface area (Å²) in [5, 5.41) is 10.2. The summed E-state index contributed by atoms with van der Waals surface area (Å²) in [4.78, 5) is 10.2. The summed E-state index contributed by atoms with van der Waals surface area (Å²) < 4.78 is 4.41. The van der Waals surface area contributed by atoms with Crippen molar-refractivity contribution in [3.8, 4) is 16.9 Å². The van der Waals surface area contributed by atoms with Gasteiger partial charge < -0.3 is 4.74 Å². The van der Waals surface area contributed by atoms with Crippen LogP contribution < -0.4 is 4.74 Å². The first-order chi connectivity index (χ1) is 7.75. The van der Waals surface area contributed by atoms with Gasteiger partial charge >= 0.3 is 6.16 Å². The Kier molecular flexibility index (Phi) is 2.87. The lowest BCUT2D eigenvalue weighted by Gasteiger charge is -2.02. The minimum Gasteiger partial charge on any atom is -0.392 e. The first-order valence-electron chi connectivity index (χ1n) is 4.80. The molecule has 2 aromatic rings. The summed E-state index contributed by atoms with van der Waals surface area (Å²) in [6.07, 6.45) is -1.55. The lowest BCUT2D eigenvalue weighted by Crippen LogP contribution is -2.00. The van der Waals surface area contributed by atoms with Crippen LogP contribution in [0.1, 0.15) is 0 Å². The molecule has 3 heteroatoms. The van der Waals surface area contributed by atoms with Gasteiger partial charge in [-0.1, -0.05) is 42.5 Å². The van der Waals surface area contributed by atoms with Crippen LogP contribution in [0.3, 0.4) is 0 Å². The van der Waals surface area contributed by atoms with E-state index in [4.69, 9.17) is 0 Å². The SMILES string of the molecule is [O]C(=O)Oc1ccc(-c2ccccc2)cc1. The molecule has 0 saturated heterocycles. The average Bonchev–Trinajstić information content (AvgIpc) is 2.30. The highest BCUT2D eigenvalue weighted by Crippen LogP contribution is 2.21. The van der Waals surface area contributed by atoms with Crippen LogP contribution in [0, 0.1) is 0 Å². The first-order valence-corrected chi connectivity index (χ1v) is 4.80. The van der Waals surface area contributed by atoms with Crippen molar-refractivity contribution in [1.29, 1.82) is 0 Å². The van der Waals surface area contributed by atoms with Gasteiger partial charge in [-0.25, -0.2) is 0 Å². The fourth-order valence-electron chi connectivity index (χ4n) is 1.44. The van der Waals surface area contributed by atoms with Gasteiger partial charge in [0.2, 0.25) is 0 Å². The molecule has 0 fully saturated rings. The van der Waals surface area contributed by atoms with Crippen molar-refractivity contribution >= 4 is 6.16 Å². The molecule has 0 N–H and O–H groups in total. The number of rotatable bonds is 2. The number of ether oxygens (including phenoxy) is 1. The third-order valence-electron chi connectivity index (χ3n) is 2.16. The maximum absolute atomic E-state index is 10.2. The summed E-state index contributed by atoms with van der Waals surface area (Å²) in [5.74, 6) is 0.264. The fourth-order valence-corrected chi connectivity index (χ4v) is 1.44. The van der Waals surface area contributed by atoms with E-state index < -0.39 is 6.16 Å². The summed E-state index contributed by atoms with van der Waals surface area (Å²) in [6, 6.07) is 16.6. The second kappa shape index (κ2) is 4.49. The molecule has 0 heterocycles. The molecule has 0 unspecified atom stereocenters. The van der Waals surface area contributed by atoms with Crippen LogP contribution in [0.2, 0.25) is 0 Å². The molecule has 0 aliphatic carbocycles. The van der Waals surface area contributed by atoms with Gasteiger partial charge in [0, 0.05) is 0 Å². The molecule has 0 spiro atoms. The van der Waals surface area contributed by atoms with Crippen molar-refractivity contribution in [1.82, 2.24) is 0 Å². The zero-order chi connectivity index (χ0) is 11.4. The smallest absolute Gasteiger partial charge is 0.392 e. The Bertz CT molecular complexity index is 474. The molecule has 1 radical (unpaired) electrons. The van der Waals surface area contributed by atoms with Gasteiger partial charge in [0.1, 0.15) is 5.75 Å². The number of hydrogen-bond acceptors (Lipinski definition) is 2. The van der Waals surface area contributed by atoms with Gasteiger partial charge in [-0.15, -0.1) is 0 Å². The quantitative estimate of drug-likeness (QED) is 0.567. The van der Waals surface area contributed by atoms with Gasteiger partial charge in [0.05, 0.1) is 0 Å². The van der Waals surface area contributed by atoms with E-state index in [1.807, 2.05) is 30.3 Å². The largest absolute Gasteiger partial charge is 0.555 e. The molecule has 0 bridgehead atoms. The zero-order valence-corrected chi connectivity index (χ0v) is 8.42. The molecule has 2 rings (SSSR count). The normalized spacial score (nSPS) is 9.75. The van der Waals surface area contributed by atoms with Crippen molar-refractivity contribution < 1.29 is 14.6 Å². The lowest BCUT2D eigenvalue weighted by atomic mass is 10.1. The van der Waals surface area contributed by atoms with E-state index in [0.717, 1.165) is 11.1 Å². The number of hydrogen-bond donors (Lipinski definition) is 0. The molecule has 0 atom stereocenters. The Hall–Kier alpha value is -2.29. The van der Waals surface area contributed by atoms with Gasteiger partial charge in [0.15, 0.2) is 0 Å². The fraction of sp³-hybridized carbons (Fsp3) is 0. The molecule has 0 saturated carbocycles. The molecule has 2 aromatic carbocycles. The third kappa shape index (κ3) is 2.39. The molecular formula is C13H9O3. The molecule has 0 aromatic heterocycles. The maximum Gasteiger partial charge on any atom is 0.555 e. The Balaban J connectivity index is 2.23. The van der Waals surface area contributed by atoms with Crippen LogP contribution >= 0.6 is 0 Å². The highest BCUT2D eigenvalue weighted by Gasteiger charge is 2.02. The molecule has 0 aliphatic heterocycles. The summed E-state index contributed by atoms with van der Waals surface area (Å²) in [6.45, 7) is 0. The third-order valence-corrected chi connectivity index (χ3v) is 2.16. The maximum atomic E-state index is 10.2. The number of carbonyl (C=O) groups is 1. The van der Waals surface area contributed by atoms with Crippen molar-refractivity contribution in [2.45, 2.75) is 0 Å². The Labute approximate surface area is 92.9 Å². The molecule has 79 valence electrons. The van der Waals surface area contributed by atoms with Crippen LogP contribution in [0.25, 0.3) is 11.1 Å². The van der Waals surface area contributed by atoms with E-state index in [1.165, 1.54) is 0 Å². The molecule has 16 heavy (non-hydrogen) atoms. The molecular weight excluding hydrogens is 204 g/mol. The predicted molar refractivity (Wildman–Crippen MR) is 58.6 cm³/mol. The monoisotopic (exact) mass is 213 g/mol. The topological polar surface area (TPSA) is 46.2 Å². The second-order valence-electron chi connectivity index (χ2n) is 3.24. The standard InChI is InChI=1S/C13H9O3/c14-13(15)16-12-8-6-11(7-9-12)10-4-2-1-3-5-10/h1-9H. The summed E-state index contributed by atoms with van der Waals surface area (Å²) in [5.41, 5.74) is 2.08. The molecule has 0 aliphatic rings. The van der Waals surface area contributed by atoms with E-state index in [2.05, 4.69) is 4.74 Å². The minimum absolute atomic E-state index is 0.264. The van der Waals surface area contributed by atoms with Gasteiger partial charge in [-0.05, 0) is 23.3 Å². The average molecular weight is 213 g/mol. The van der Waals surface area contributed by atoms with E-state index in [-0.39, 0.29) is 5.75 Å². The van der Waals surface area contributed by atoms with E-state index in [0.29, 0.717) is 0 Å². The first kappa shape index (κ1) is 10.2. The molecule has 3 nitrogen and oxygen atoms in total. The predicted octanol–water partition coefficient (Wildman–Crippen LogP) is 3.28. The van der Waals surface area contributed by atoms with Crippen molar-refractivity contribution in [2.24, 2.45) is 0 Å². The van der Waals surface area contributed by atoms with E-state index >= 15 is 0 Å². The summed E-state index contributed by atoms with van der Waals surface area (Å²) >= 11 is 0. The van der Waals surface area contributed by atoms with Crippen molar-refractivity contribution in [2.75, 3.05) is 0 Å².